The zero-order valence-corrected chi connectivity index (χ0v) is 14.3. The van der Waals surface area contributed by atoms with Crippen molar-refractivity contribution in [2.75, 3.05) is 16.8 Å². The minimum Gasteiger partial charge on any atom is -0.352 e. The van der Waals surface area contributed by atoms with Gasteiger partial charge in [0.25, 0.3) is 5.91 Å². The summed E-state index contributed by atoms with van der Waals surface area (Å²) in [5.41, 5.74) is -0.496. The van der Waals surface area contributed by atoms with Crippen LogP contribution in [0.4, 0.5) is 24.7 Å². The summed E-state index contributed by atoms with van der Waals surface area (Å²) in [6, 6.07) is 5.26. The van der Waals surface area contributed by atoms with E-state index in [0.29, 0.717) is 11.9 Å². The van der Waals surface area contributed by atoms with Gasteiger partial charge in [-0.05, 0) is 49.9 Å². The van der Waals surface area contributed by atoms with Crippen LogP contribution in [-0.2, 0) is 0 Å². The second-order valence-electron chi connectivity index (χ2n) is 6.21. The highest BCUT2D eigenvalue weighted by atomic mass is 19.2. The largest absolute Gasteiger partial charge is 0.352 e. The van der Waals surface area contributed by atoms with E-state index in [-0.39, 0.29) is 5.69 Å². The first-order valence-corrected chi connectivity index (χ1v) is 8.56. The Labute approximate surface area is 149 Å². The van der Waals surface area contributed by atoms with Crippen LogP contribution < -0.4 is 10.2 Å². The maximum absolute atomic E-state index is 13.7. The molecule has 0 spiro atoms. The summed E-state index contributed by atoms with van der Waals surface area (Å²) in [7, 11) is 0. The number of aromatic nitrogens is 2. The molecule has 1 amide bonds. The Hall–Kier alpha value is -2.64. The van der Waals surface area contributed by atoms with Crippen molar-refractivity contribution in [2.45, 2.75) is 38.6 Å². The molecular weight excluding hydrogens is 345 g/mol. The van der Waals surface area contributed by atoms with E-state index in [9.17, 15) is 18.0 Å². The number of rotatable bonds is 4. The molecule has 1 aliphatic heterocycles. The SMILES string of the molecule is CCC1CCCCN1c1ccc(C(=O)Nc2ccc(F)c(F)c2F)nn1. The molecule has 26 heavy (non-hydrogen) atoms. The Bertz CT molecular complexity index is 798. The Morgan fingerprint density at radius 1 is 1.15 bits per heavy atom. The van der Waals surface area contributed by atoms with E-state index >= 15 is 0 Å². The summed E-state index contributed by atoms with van der Waals surface area (Å²) in [5.74, 6) is -4.48. The fourth-order valence-corrected chi connectivity index (χ4v) is 3.13. The molecule has 1 fully saturated rings. The first-order chi connectivity index (χ1) is 12.5. The molecule has 2 aromatic rings. The molecule has 3 rings (SSSR count). The Kier molecular flexibility index (Phi) is 5.39. The van der Waals surface area contributed by atoms with E-state index in [1.807, 2.05) is 0 Å². The maximum Gasteiger partial charge on any atom is 0.276 e. The van der Waals surface area contributed by atoms with E-state index in [1.165, 1.54) is 12.5 Å². The molecule has 0 aliphatic carbocycles. The van der Waals surface area contributed by atoms with Crippen LogP contribution in [0.2, 0.25) is 0 Å². The molecule has 1 aromatic carbocycles. The molecule has 1 aromatic heterocycles. The van der Waals surface area contributed by atoms with Crippen LogP contribution in [0.25, 0.3) is 0 Å². The molecule has 5 nitrogen and oxygen atoms in total. The number of nitrogens with zero attached hydrogens (tertiary/aromatic N) is 3. The number of carbonyl (C=O) groups excluding carboxylic acids is 1. The van der Waals surface area contributed by atoms with Crippen molar-refractivity contribution in [1.29, 1.82) is 0 Å². The fraction of sp³-hybridized carbons (Fsp3) is 0.389. The zero-order valence-electron chi connectivity index (χ0n) is 14.3. The van der Waals surface area contributed by atoms with E-state index in [1.54, 1.807) is 6.07 Å². The lowest BCUT2D eigenvalue weighted by molar-refractivity contribution is 0.102. The van der Waals surface area contributed by atoms with Crippen molar-refractivity contribution < 1.29 is 18.0 Å². The summed E-state index contributed by atoms with van der Waals surface area (Å²) in [5, 5.41) is 10.2. The van der Waals surface area contributed by atoms with Gasteiger partial charge in [-0.25, -0.2) is 13.2 Å². The van der Waals surface area contributed by atoms with E-state index in [0.717, 1.165) is 37.9 Å². The number of piperidine rings is 1. The van der Waals surface area contributed by atoms with Gasteiger partial charge < -0.3 is 10.2 Å². The van der Waals surface area contributed by atoms with Crippen molar-refractivity contribution in [2.24, 2.45) is 0 Å². The van der Waals surface area contributed by atoms with Crippen LogP contribution in [0, 0.1) is 17.5 Å². The molecule has 1 unspecified atom stereocenters. The molecule has 2 heterocycles. The van der Waals surface area contributed by atoms with Gasteiger partial charge in [0.1, 0.15) is 0 Å². The number of hydrogen-bond acceptors (Lipinski definition) is 4. The summed E-state index contributed by atoms with van der Waals surface area (Å²) in [4.78, 5) is 14.3. The van der Waals surface area contributed by atoms with Gasteiger partial charge in [-0.2, -0.15) is 0 Å². The smallest absolute Gasteiger partial charge is 0.276 e. The van der Waals surface area contributed by atoms with Gasteiger partial charge in [0, 0.05) is 12.6 Å². The highest BCUT2D eigenvalue weighted by Gasteiger charge is 2.23. The maximum atomic E-state index is 13.7. The number of anilines is 2. The molecule has 1 aliphatic rings. The van der Waals surface area contributed by atoms with Crippen molar-refractivity contribution in [3.05, 3.63) is 47.4 Å². The lowest BCUT2D eigenvalue weighted by atomic mass is 10.0. The average Bonchev–Trinajstić information content (AvgIpc) is 2.68. The highest BCUT2D eigenvalue weighted by molar-refractivity contribution is 6.02. The third-order valence-electron chi connectivity index (χ3n) is 4.56. The van der Waals surface area contributed by atoms with Gasteiger partial charge >= 0.3 is 0 Å². The van der Waals surface area contributed by atoms with Crippen molar-refractivity contribution in [3.8, 4) is 0 Å². The van der Waals surface area contributed by atoms with Crippen LogP contribution >= 0.6 is 0 Å². The zero-order chi connectivity index (χ0) is 18.7. The molecule has 8 heteroatoms. The molecule has 138 valence electrons. The molecule has 1 atom stereocenters. The highest BCUT2D eigenvalue weighted by Crippen LogP contribution is 2.25. The molecule has 0 bridgehead atoms. The number of halogens is 3. The summed E-state index contributed by atoms with van der Waals surface area (Å²) in [6.07, 6.45) is 4.35. The van der Waals surface area contributed by atoms with Crippen molar-refractivity contribution >= 4 is 17.4 Å². The van der Waals surface area contributed by atoms with Crippen LogP contribution in [-0.4, -0.2) is 28.7 Å². The van der Waals surface area contributed by atoms with Crippen molar-refractivity contribution in [3.63, 3.8) is 0 Å². The van der Waals surface area contributed by atoms with E-state index in [4.69, 9.17) is 0 Å². The lowest BCUT2D eigenvalue weighted by Crippen LogP contribution is -2.39. The predicted octanol–water partition coefficient (Wildman–Crippen LogP) is 3.92. The van der Waals surface area contributed by atoms with Crippen molar-refractivity contribution in [1.82, 2.24) is 10.2 Å². The second-order valence-corrected chi connectivity index (χ2v) is 6.21. The Morgan fingerprint density at radius 3 is 2.65 bits per heavy atom. The molecule has 1 N–H and O–H groups in total. The number of carbonyl (C=O) groups is 1. The first-order valence-electron chi connectivity index (χ1n) is 8.56. The molecular formula is C18H19F3N4O. The normalized spacial score (nSPS) is 17.2. The van der Waals surface area contributed by atoms with E-state index < -0.39 is 29.0 Å². The van der Waals surface area contributed by atoms with Gasteiger partial charge in [-0.1, -0.05) is 6.92 Å². The number of nitrogens with one attached hydrogen (secondary N) is 1. The first kappa shape index (κ1) is 18.2. The van der Waals surface area contributed by atoms with Gasteiger partial charge in [-0.3, -0.25) is 4.79 Å². The monoisotopic (exact) mass is 364 g/mol. The average molecular weight is 364 g/mol. The molecule has 0 radical (unpaired) electrons. The third kappa shape index (κ3) is 3.63. The third-order valence-corrected chi connectivity index (χ3v) is 4.56. The summed E-state index contributed by atoms with van der Waals surface area (Å²) >= 11 is 0. The fourth-order valence-electron chi connectivity index (χ4n) is 3.13. The molecule has 1 saturated heterocycles. The van der Waals surface area contributed by atoms with E-state index in [2.05, 4.69) is 27.3 Å². The van der Waals surface area contributed by atoms with Gasteiger partial charge in [-0.15, -0.1) is 10.2 Å². The Morgan fingerprint density at radius 2 is 1.96 bits per heavy atom. The number of amides is 1. The molecule has 0 saturated carbocycles. The minimum atomic E-state index is -1.64. The van der Waals surface area contributed by atoms with Crippen LogP contribution in [0.3, 0.4) is 0 Å². The summed E-state index contributed by atoms with van der Waals surface area (Å²) in [6.45, 7) is 3.01. The van der Waals surface area contributed by atoms with Gasteiger partial charge in [0.05, 0.1) is 5.69 Å². The summed E-state index contributed by atoms with van der Waals surface area (Å²) < 4.78 is 39.8. The minimum absolute atomic E-state index is 0.0389. The van der Waals surface area contributed by atoms with Gasteiger partial charge in [0.2, 0.25) is 0 Å². The second kappa shape index (κ2) is 7.72. The standard InChI is InChI=1S/C18H19F3N4O/c1-2-11-5-3-4-10-25(11)15-9-8-14(23-24-15)18(26)22-13-7-6-12(19)16(20)17(13)21/h6-9,11H,2-5,10H2,1H3,(H,22,26). The van der Waals surface area contributed by atoms with Crippen LogP contribution in [0.1, 0.15) is 43.1 Å². The number of benzene rings is 1. The van der Waals surface area contributed by atoms with Crippen LogP contribution in [0.5, 0.6) is 0 Å². The lowest BCUT2D eigenvalue weighted by Gasteiger charge is -2.35. The topological polar surface area (TPSA) is 58.1 Å². The van der Waals surface area contributed by atoms with Gasteiger partial charge in [0.15, 0.2) is 29.0 Å². The Balaban J connectivity index is 1.74. The predicted molar refractivity (Wildman–Crippen MR) is 91.6 cm³/mol. The van der Waals surface area contributed by atoms with Crippen LogP contribution in [0.15, 0.2) is 24.3 Å². The quantitative estimate of drug-likeness (QED) is 0.836. The number of hydrogen-bond donors (Lipinski definition) is 1.